The van der Waals surface area contributed by atoms with E-state index in [1.165, 1.54) is 36.8 Å². The molecule has 1 aliphatic heterocycles. The molecule has 1 N–H and O–H groups in total. The van der Waals surface area contributed by atoms with E-state index in [0.29, 0.717) is 5.41 Å². The summed E-state index contributed by atoms with van der Waals surface area (Å²) >= 11 is 6.26. The first kappa shape index (κ1) is 9.68. The number of piperidine rings is 1. The molecule has 0 saturated carbocycles. The predicted molar refractivity (Wildman–Crippen MR) is 63.6 cm³/mol. The van der Waals surface area contributed by atoms with Crippen LogP contribution >= 0.6 is 11.6 Å². The molecular weight excluding hydrogens is 206 g/mol. The van der Waals surface area contributed by atoms with E-state index in [0.717, 1.165) is 18.1 Å². The third kappa shape index (κ3) is 1.41. The maximum atomic E-state index is 6.26. The van der Waals surface area contributed by atoms with Gasteiger partial charge in [-0.05, 0) is 61.4 Å². The van der Waals surface area contributed by atoms with Gasteiger partial charge >= 0.3 is 0 Å². The van der Waals surface area contributed by atoms with Crippen molar-refractivity contribution in [3.63, 3.8) is 0 Å². The predicted octanol–water partition coefficient (Wildman–Crippen LogP) is 2.91. The SMILES string of the molecule is Clc1cccc2c1CCC21CCNCC1. The zero-order chi connectivity index (χ0) is 10.3. The van der Waals surface area contributed by atoms with Crippen molar-refractivity contribution in [1.29, 1.82) is 0 Å². The second-order valence-corrected chi connectivity index (χ2v) is 5.20. The third-order valence-electron chi connectivity index (χ3n) is 4.10. The van der Waals surface area contributed by atoms with Gasteiger partial charge in [0, 0.05) is 5.02 Å². The molecule has 0 atom stereocenters. The van der Waals surface area contributed by atoms with Crippen LogP contribution in [0.4, 0.5) is 0 Å². The van der Waals surface area contributed by atoms with Gasteiger partial charge in [-0.1, -0.05) is 23.7 Å². The zero-order valence-electron chi connectivity index (χ0n) is 8.85. The van der Waals surface area contributed by atoms with Crippen molar-refractivity contribution in [2.45, 2.75) is 31.1 Å². The fraction of sp³-hybridized carbons (Fsp3) is 0.538. The number of rotatable bonds is 0. The van der Waals surface area contributed by atoms with Crippen molar-refractivity contribution in [3.05, 3.63) is 34.3 Å². The van der Waals surface area contributed by atoms with Crippen molar-refractivity contribution >= 4 is 11.6 Å². The van der Waals surface area contributed by atoms with Gasteiger partial charge in [-0.2, -0.15) is 0 Å². The standard InChI is InChI=1S/C13H16ClN/c14-12-3-1-2-11-10(12)4-5-13(11)6-8-15-9-7-13/h1-3,15H,4-9H2. The van der Waals surface area contributed by atoms with Crippen molar-refractivity contribution in [1.82, 2.24) is 5.32 Å². The molecular formula is C13H16ClN. The van der Waals surface area contributed by atoms with Gasteiger partial charge in [0.2, 0.25) is 0 Å². The highest BCUT2D eigenvalue weighted by molar-refractivity contribution is 6.31. The van der Waals surface area contributed by atoms with Gasteiger partial charge in [0.1, 0.15) is 0 Å². The van der Waals surface area contributed by atoms with E-state index in [9.17, 15) is 0 Å². The van der Waals surface area contributed by atoms with Crippen molar-refractivity contribution in [2.24, 2.45) is 0 Å². The van der Waals surface area contributed by atoms with Crippen molar-refractivity contribution in [3.8, 4) is 0 Å². The lowest BCUT2D eigenvalue weighted by molar-refractivity contribution is 0.306. The molecule has 3 rings (SSSR count). The summed E-state index contributed by atoms with van der Waals surface area (Å²) in [7, 11) is 0. The lowest BCUT2D eigenvalue weighted by Gasteiger charge is -2.35. The van der Waals surface area contributed by atoms with E-state index in [2.05, 4.69) is 17.4 Å². The van der Waals surface area contributed by atoms with Crippen molar-refractivity contribution < 1.29 is 0 Å². The number of nitrogens with one attached hydrogen (secondary N) is 1. The molecule has 2 heteroatoms. The quantitative estimate of drug-likeness (QED) is 0.711. The molecule has 80 valence electrons. The molecule has 2 aliphatic rings. The van der Waals surface area contributed by atoms with Crippen LogP contribution in [0.2, 0.25) is 5.02 Å². The van der Waals surface area contributed by atoms with E-state index in [1.807, 2.05) is 6.07 Å². The Morgan fingerprint density at radius 3 is 2.73 bits per heavy atom. The fourth-order valence-electron chi connectivity index (χ4n) is 3.23. The first-order chi connectivity index (χ1) is 7.32. The molecule has 0 bridgehead atoms. The van der Waals surface area contributed by atoms with E-state index in [4.69, 9.17) is 11.6 Å². The molecule has 0 amide bonds. The second-order valence-electron chi connectivity index (χ2n) is 4.80. The van der Waals surface area contributed by atoms with Gasteiger partial charge in [0.25, 0.3) is 0 Å². The Kier molecular flexibility index (Phi) is 2.26. The topological polar surface area (TPSA) is 12.0 Å². The minimum atomic E-state index is 0.450. The van der Waals surface area contributed by atoms with Crippen LogP contribution in [0.1, 0.15) is 30.4 Å². The van der Waals surface area contributed by atoms with Crippen LogP contribution in [0.3, 0.4) is 0 Å². The van der Waals surface area contributed by atoms with Crippen LogP contribution < -0.4 is 5.32 Å². The minimum Gasteiger partial charge on any atom is -0.317 e. The minimum absolute atomic E-state index is 0.450. The lowest BCUT2D eigenvalue weighted by atomic mass is 9.74. The zero-order valence-corrected chi connectivity index (χ0v) is 9.61. The number of hydrogen-bond donors (Lipinski definition) is 1. The average molecular weight is 222 g/mol. The molecule has 1 aliphatic carbocycles. The summed E-state index contributed by atoms with van der Waals surface area (Å²) in [6.45, 7) is 2.32. The number of benzene rings is 1. The van der Waals surface area contributed by atoms with Crippen LogP contribution in [0, 0.1) is 0 Å². The van der Waals surface area contributed by atoms with Gasteiger partial charge in [-0.25, -0.2) is 0 Å². The van der Waals surface area contributed by atoms with Gasteiger partial charge in [0.15, 0.2) is 0 Å². The number of halogens is 1. The molecule has 1 saturated heterocycles. The summed E-state index contributed by atoms with van der Waals surface area (Å²) in [5.74, 6) is 0. The first-order valence-electron chi connectivity index (χ1n) is 5.80. The molecule has 1 fully saturated rings. The molecule has 0 unspecified atom stereocenters. The van der Waals surface area contributed by atoms with E-state index in [1.54, 1.807) is 0 Å². The summed E-state index contributed by atoms with van der Waals surface area (Å²) in [6.07, 6.45) is 5.03. The molecule has 1 spiro atoms. The Hall–Kier alpha value is -0.530. The summed E-state index contributed by atoms with van der Waals surface area (Å²) in [5.41, 5.74) is 3.41. The monoisotopic (exact) mass is 221 g/mol. The van der Waals surface area contributed by atoms with E-state index >= 15 is 0 Å². The first-order valence-corrected chi connectivity index (χ1v) is 6.18. The van der Waals surface area contributed by atoms with Gasteiger partial charge < -0.3 is 5.32 Å². The molecule has 15 heavy (non-hydrogen) atoms. The van der Waals surface area contributed by atoms with Crippen molar-refractivity contribution in [2.75, 3.05) is 13.1 Å². The molecule has 0 radical (unpaired) electrons. The second kappa shape index (κ2) is 3.50. The Labute approximate surface area is 95.8 Å². The highest BCUT2D eigenvalue weighted by Gasteiger charge is 2.39. The summed E-state index contributed by atoms with van der Waals surface area (Å²) in [5, 5.41) is 4.42. The highest BCUT2D eigenvalue weighted by atomic mass is 35.5. The van der Waals surface area contributed by atoms with Gasteiger partial charge in [-0.3, -0.25) is 0 Å². The fourth-order valence-corrected chi connectivity index (χ4v) is 3.50. The van der Waals surface area contributed by atoms with Gasteiger partial charge in [-0.15, -0.1) is 0 Å². The number of hydrogen-bond acceptors (Lipinski definition) is 1. The largest absolute Gasteiger partial charge is 0.317 e. The van der Waals surface area contributed by atoms with Crippen LogP contribution in [0.5, 0.6) is 0 Å². The highest BCUT2D eigenvalue weighted by Crippen LogP contribution is 2.46. The molecule has 1 aromatic rings. The summed E-state index contributed by atoms with van der Waals surface area (Å²) in [6, 6.07) is 6.43. The third-order valence-corrected chi connectivity index (χ3v) is 4.46. The Bertz CT molecular complexity index is 380. The Morgan fingerprint density at radius 2 is 1.93 bits per heavy atom. The van der Waals surface area contributed by atoms with Crippen LogP contribution in [0.25, 0.3) is 0 Å². The van der Waals surface area contributed by atoms with Gasteiger partial charge in [0.05, 0.1) is 0 Å². The smallest absolute Gasteiger partial charge is 0.0440 e. The normalized spacial score (nSPS) is 23.0. The Balaban J connectivity index is 2.06. The van der Waals surface area contributed by atoms with E-state index < -0.39 is 0 Å². The lowest BCUT2D eigenvalue weighted by Crippen LogP contribution is -2.38. The molecule has 0 aromatic heterocycles. The average Bonchev–Trinajstić information content (AvgIpc) is 2.61. The van der Waals surface area contributed by atoms with E-state index in [-0.39, 0.29) is 0 Å². The summed E-state index contributed by atoms with van der Waals surface area (Å²) < 4.78 is 0. The number of fused-ring (bicyclic) bond motifs is 2. The molecule has 1 heterocycles. The maximum Gasteiger partial charge on any atom is 0.0440 e. The summed E-state index contributed by atoms with van der Waals surface area (Å²) in [4.78, 5) is 0. The maximum absolute atomic E-state index is 6.26. The van der Waals surface area contributed by atoms with Crippen LogP contribution in [0.15, 0.2) is 18.2 Å². The Morgan fingerprint density at radius 1 is 1.13 bits per heavy atom. The van der Waals surface area contributed by atoms with Crippen LogP contribution in [-0.4, -0.2) is 13.1 Å². The molecule has 1 aromatic carbocycles. The molecule has 1 nitrogen and oxygen atoms in total. The van der Waals surface area contributed by atoms with Crippen LogP contribution in [-0.2, 0) is 11.8 Å².